The molecule has 9 nitrogen and oxygen atoms in total. The zero-order chi connectivity index (χ0) is 41.6. The number of hydrogen-bond acceptors (Lipinski definition) is 8. The smallest absolute Gasteiger partial charge is 0.220 e. The molecule has 0 radical (unpaired) electrons. The van der Waals surface area contributed by atoms with Gasteiger partial charge in [-0.15, -0.1) is 0 Å². The molecular weight excluding hydrogens is 719 g/mol. The summed E-state index contributed by atoms with van der Waals surface area (Å²) < 4.78 is 11.1. The first-order valence-corrected chi connectivity index (χ1v) is 23.7. The Morgan fingerprint density at radius 2 is 1.00 bits per heavy atom. The van der Waals surface area contributed by atoms with Crippen molar-refractivity contribution in [3.05, 3.63) is 36.5 Å². The summed E-state index contributed by atoms with van der Waals surface area (Å²) in [6, 6.07) is -0.821. The molecule has 6 N–H and O–H groups in total. The maximum absolute atomic E-state index is 12.6. The SMILES string of the molecule is CCCCCCCCCCCCCCCCCCCCCCC/C=C/CC/C=C/CC/C=C/C(O)C(COC1OC(CO)C(O)C(O)C1O)NC(=O)CCCCC. The minimum Gasteiger partial charge on any atom is -0.394 e. The molecule has 1 fully saturated rings. The molecule has 0 aliphatic carbocycles. The van der Waals surface area contributed by atoms with Crippen molar-refractivity contribution in [3.8, 4) is 0 Å². The van der Waals surface area contributed by atoms with E-state index in [1.165, 1.54) is 141 Å². The van der Waals surface area contributed by atoms with Gasteiger partial charge in [-0.2, -0.15) is 0 Å². The van der Waals surface area contributed by atoms with Gasteiger partial charge in [-0.05, 0) is 44.9 Å². The highest BCUT2D eigenvalue weighted by Gasteiger charge is 2.44. The quantitative estimate of drug-likeness (QED) is 0.0266. The second kappa shape index (κ2) is 38.6. The van der Waals surface area contributed by atoms with Crippen molar-refractivity contribution >= 4 is 5.91 Å². The molecule has 1 aliphatic heterocycles. The minimum absolute atomic E-state index is 0.208. The number of hydrogen-bond donors (Lipinski definition) is 6. The van der Waals surface area contributed by atoms with E-state index in [4.69, 9.17) is 9.47 Å². The summed E-state index contributed by atoms with van der Waals surface area (Å²) in [5.41, 5.74) is 0. The van der Waals surface area contributed by atoms with Crippen molar-refractivity contribution in [3.63, 3.8) is 0 Å². The highest BCUT2D eigenvalue weighted by molar-refractivity contribution is 5.76. The first kappa shape index (κ1) is 53.4. The summed E-state index contributed by atoms with van der Waals surface area (Å²) >= 11 is 0. The maximum Gasteiger partial charge on any atom is 0.220 e. The van der Waals surface area contributed by atoms with E-state index >= 15 is 0 Å². The highest BCUT2D eigenvalue weighted by atomic mass is 16.7. The molecule has 1 aliphatic rings. The third-order valence-corrected chi connectivity index (χ3v) is 11.2. The Labute approximate surface area is 349 Å². The molecule has 1 heterocycles. The molecule has 0 saturated carbocycles. The molecule has 0 spiro atoms. The van der Waals surface area contributed by atoms with Gasteiger partial charge in [0.25, 0.3) is 0 Å². The van der Waals surface area contributed by atoms with Crippen LogP contribution < -0.4 is 5.32 Å². The van der Waals surface area contributed by atoms with Crippen molar-refractivity contribution < 1.29 is 39.8 Å². The van der Waals surface area contributed by atoms with Gasteiger partial charge in [-0.25, -0.2) is 0 Å². The van der Waals surface area contributed by atoms with E-state index in [0.717, 1.165) is 44.9 Å². The van der Waals surface area contributed by atoms with Gasteiger partial charge in [-0.3, -0.25) is 4.79 Å². The Morgan fingerprint density at radius 1 is 0.579 bits per heavy atom. The fourth-order valence-electron chi connectivity index (χ4n) is 7.36. The van der Waals surface area contributed by atoms with E-state index in [9.17, 15) is 30.3 Å². The molecule has 7 unspecified atom stereocenters. The fourth-order valence-corrected chi connectivity index (χ4v) is 7.36. The Morgan fingerprint density at radius 3 is 1.47 bits per heavy atom. The zero-order valence-corrected chi connectivity index (χ0v) is 36.6. The van der Waals surface area contributed by atoms with Crippen LogP contribution in [-0.4, -0.2) is 87.5 Å². The number of unbranched alkanes of at least 4 members (excludes halogenated alkanes) is 25. The van der Waals surface area contributed by atoms with Crippen molar-refractivity contribution in [2.75, 3.05) is 13.2 Å². The molecule has 1 amide bonds. The Kier molecular flexibility index (Phi) is 36.2. The number of carbonyl (C=O) groups excluding carboxylic acids is 1. The molecule has 0 bridgehead atoms. The molecule has 7 atom stereocenters. The number of rotatable bonds is 39. The topological polar surface area (TPSA) is 149 Å². The third kappa shape index (κ3) is 29.3. The van der Waals surface area contributed by atoms with Crippen LogP contribution >= 0.6 is 0 Å². The second-order valence-electron chi connectivity index (χ2n) is 16.5. The lowest BCUT2D eigenvalue weighted by molar-refractivity contribution is -0.302. The molecule has 334 valence electrons. The van der Waals surface area contributed by atoms with Crippen LogP contribution in [0.3, 0.4) is 0 Å². The van der Waals surface area contributed by atoms with Gasteiger partial charge in [0.1, 0.15) is 24.4 Å². The average Bonchev–Trinajstić information content (AvgIpc) is 3.21. The van der Waals surface area contributed by atoms with E-state index in [0.29, 0.717) is 6.42 Å². The van der Waals surface area contributed by atoms with Crippen molar-refractivity contribution in [1.82, 2.24) is 5.32 Å². The summed E-state index contributed by atoms with van der Waals surface area (Å²) in [6.07, 6.45) is 41.8. The van der Waals surface area contributed by atoms with Crippen LogP contribution in [0.15, 0.2) is 36.5 Å². The van der Waals surface area contributed by atoms with Crippen LogP contribution in [0.5, 0.6) is 0 Å². The van der Waals surface area contributed by atoms with Crippen LogP contribution in [0.25, 0.3) is 0 Å². The van der Waals surface area contributed by atoms with Crippen LogP contribution in [0.2, 0.25) is 0 Å². The Balaban J connectivity index is 2.09. The van der Waals surface area contributed by atoms with Crippen LogP contribution in [0, 0.1) is 0 Å². The van der Waals surface area contributed by atoms with Crippen molar-refractivity contribution in [2.45, 2.75) is 249 Å². The van der Waals surface area contributed by atoms with E-state index in [2.05, 4.69) is 43.5 Å². The lowest BCUT2D eigenvalue weighted by Gasteiger charge is -2.40. The summed E-state index contributed by atoms with van der Waals surface area (Å²) in [5, 5.41) is 53.6. The molecule has 57 heavy (non-hydrogen) atoms. The summed E-state index contributed by atoms with van der Waals surface area (Å²) in [6.45, 7) is 3.57. The van der Waals surface area contributed by atoms with E-state index in [1.54, 1.807) is 6.08 Å². The number of amides is 1. The van der Waals surface area contributed by atoms with Gasteiger partial charge >= 0.3 is 0 Å². The maximum atomic E-state index is 12.6. The summed E-state index contributed by atoms with van der Waals surface area (Å²) in [7, 11) is 0. The van der Waals surface area contributed by atoms with Crippen LogP contribution in [0.1, 0.15) is 206 Å². The monoisotopic (exact) mass is 808 g/mol. The fraction of sp³-hybridized carbons (Fsp3) is 0.854. The molecule has 9 heteroatoms. The standard InChI is InChI=1S/C48H89NO8/c1-3-5-7-8-9-10-11-12-13-14-15-16-17-18-19-20-21-22-23-24-25-26-27-28-29-30-31-32-33-34-36-37-42(51)41(49-44(52)38-35-6-4-2)40-56-48-47(55)46(54)45(53)43(39-50)57-48/h27-28,31-32,36-37,41-43,45-48,50-51,53-55H,3-26,29-30,33-35,38-40H2,1-2H3,(H,49,52)/b28-27+,32-31+,37-36+. The van der Waals surface area contributed by atoms with Crippen molar-refractivity contribution in [1.29, 1.82) is 0 Å². The van der Waals surface area contributed by atoms with E-state index < -0.39 is 49.5 Å². The molecule has 0 aromatic heterocycles. The van der Waals surface area contributed by atoms with Gasteiger partial charge in [0, 0.05) is 6.42 Å². The predicted octanol–water partition coefficient (Wildman–Crippen LogP) is 10.1. The molecule has 1 rings (SSSR count). The lowest BCUT2D eigenvalue weighted by Crippen LogP contribution is -2.60. The molecule has 0 aromatic rings. The Hall–Kier alpha value is -1.59. The average molecular weight is 808 g/mol. The van der Waals surface area contributed by atoms with Gasteiger partial charge < -0.3 is 40.3 Å². The number of nitrogens with one attached hydrogen (secondary N) is 1. The first-order chi connectivity index (χ1) is 27.8. The predicted molar refractivity (Wildman–Crippen MR) is 235 cm³/mol. The first-order valence-electron chi connectivity index (χ1n) is 23.7. The Bertz CT molecular complexity index is 987. The van der Waals surface area contributed by atoms with E-state index in [1.807, 2.05) is 6.08 Å². The van der Waals surface area contributed by atoms with Crippen LogP contribution in [0.4, 0.5) is 0 Å². The molecular formula is C48H89NO8. The highest BCUT2D eigenvalue weighted by Crippen LogP contribution is 2.22. The number of carbonyl (C=O) groups is 1. The number of aliphatic hydroxyl groups excluding tert-OH is 5. The van der Waals surface area contributed by atoms with Gasteiger partial charge in [-0.1, -0.05) is 192 Å². The third-order valence-electron chi connectivity index (χ3n) is 11.2. The normalized spacial score (nSPS) is 21.3. The van der Waals surface area contributed by atoms with Crippen molar-refractivity contribution in [2.24, 2.45) is 0 Å². The van der Waals surface area contributed by atoms with E-state index in [-0.39, 0.29) is 12.5 Å². The zero-order valence-electron chi connectivity index (χ0n) is 36.6. The van der Waals surface area contributed by atoms with Gasteiger partial charge in [0.2, 0.25) is 5.91 Å². The largest absolute Gasteiger partial charge is 0.394 e. The van der Waals surface area contributed by atoms with Gasteiger partial charge in [0.15, 0.2) is 6.29 Å². The summed E-state index contributed by atoms with van der Waals surface area (Å²) in [4.78, 5) is 12.6. The lowest BCUT2D eigenvalue weighted by atomic mass is 9.99. The number of aliphatic hydroxyl groups is 5. The number of ether oxygens (including phenoxy) is 2. The van der Waals surface area contributed by atoms with Crippen LogP contribution in [-0.2, 0) is 14.3 Å². The van der Waals surface area contributed by atoms with Gasteiger partial charge in [0.05, 0.1) is 25.4 Å². The summed E-state index contributed by atoms with van der Waals surface area (Å²) in [5.74, 6) is -0.217. The number of allylic oxidation sites excluding steroid dienone is 5. The minimum atomic E-state index is -1.57. The second-order valence-corrected chi connectivity index (χ2v) is 16.5. The molecule has 0 aromatic carbocycles. The molecule has 1 saturated heterocycles.